The molecule has 7 heavy (non-hydrogen) atoms. The van der Waals surface area contributed by atoms with Crippen molar-refractivity contribution in [3.63, 3.8) is 0 Å². The summed E-state index contributed by atoms with van der Waals surface area (Å²) in [5.74, 6) is 0. The topological polar surface area (TPSA) is 32.6 Å². The lowest BCUT2D eigenvalue weighted by atomic mass is 10.2. The molecule has 0 heterocycles. The van der Waals surface area contributed by atoms with Crippen molar-refractivity contribution in [2.24, 2.45) is 5.16 Å². The van der Waals surface area contributed by atoms with E-state index in [1.165, 1.54) is 0 Å². The number of hydrogen-bond donors (Lipinski definition) is 1. The molecule has 0 aromatic carbocycles. The third-order valence-electron chi connectivity index (χ3n) is 0.958. The summed E-state index contributed by atoms with van der Waals surface area (Å²) >= 11 is 0. The Kier molecular flexibility index (Phi) is 3.38. The van der Waals surface area contributed by atoms with Crippen LogP contribution in [0.4, 0.5) is 0 Å². The summed E-state index contributed by atoms with van der Waals surface area (Å²) in [7, 11) is 0. The Bertz CT molecular complexity index is 62.5. The second-order valence-corrected chi connectivity index (χ2v) is 1.37. The molecule has 0 aromatic rings. The van der Waals surface area contributed by atoms with Crippen molar-refractivity contribution in [1.82, 2.24) is 0 Å². The van der Waals surface area contributed by atoms with E-state index in [0.717, 1.165) is 18.6 Å². The van der Waals surface area contributed by atoms with E-state index < -0.39 is 0 Å². The SMILES string of the molecule is CCC(CC)=NO. The number of oxime groups is 1. The van der Waals surface area contributed by atoms with Crippen LogP contribution in [0, 0.1) is 0 Å². The van der Waals surface area contributed by atoms with Crippen LogP contribution in [0.5, 0.6) is 0 Å². The highest BCUT2D eigenvalue weighted by atomic mass is 16.4. The molecular formula is C5H11NO. The molecule has 0 saturated heterocycles. The van der Waals surface area contributed by atoms with Crippen molar-refractivity contribution in [2.75, 3.05) is 0 Å². The molecule has 0 fully saturated rings. The fourth-order valence-corrected chi connectivity index (χ4v) is 0.391. The molecule has 0 saturated carbocycles. The molecule has 0 aromatic heterocycles. The lowest BCUT2D eigenvalue weighted by Crippen LogP contribution is -1.90. The summed E-state index contributed by atoms with van der Waals surface area (Å²) in [6.45, 7) is 3.94. The minimum atomic E-state index is 0.854. The van der Waals surface area contributed by atoms with E-state index in [1.54, 1.807) is 0 Å². The third kappa shape index (κ3) is 2.20. The molecule has 0 aliphatic heterocycles. The molecule has 0 aliphatic rings. The average molecular weight is 101 g/mol. The standard InChI is InChI=1S/C5H11NO/c1-3-5(4-2)6-7/h7H,3-4H2,1-2H3. The molecule has 1 N–H and O–H groups in total. The largest absolute Gasteiger partial charge is 0.411 e. The first-order valence-electron chi connectivity index (χ1n) is 2.54. The van der Waals surface area contributed by atoms with Gasteiger partial charge in [-0.3, -0.25) is 0 Å². The minimum Gasteiger partial charge on any atom is -0.411 e. The molecule has 2 nitrogen and oxygen atoms in total. The van der Waals surface area contributed by atoms with E-state index in [4.69, 9.17) is 5.21 Å². The smallest absolute Gasteiger partial charge is 0.0565 e. The van der Waals surface area contributed by atoms with E-state index in [9.17, 15) is 0 Å². The van der Waals surface area contributed by atoms with Crippen LogP contribution in [0.2, 0.25) is 0 Å². The van der Waals surface area contributed by atoms with Crippen LogP contribution in [0.25, 0.3) is 0 Å². The molecule has 0 spiro atoms. The van der Waals surface area contributed by atoms with E-state index in [0.29, 0.717) is 0 Å². The molecule has 0 bridgehead atoms. The van der Waals surface area contributed by atoms with Crippen molar-refractivity contribution < 1.29 is 5.21 Å². The van der Waals surface area contributed by atoms with Gasteiger partial charge in [-0.15, -0.1) is 0 Å². The zero-order valence-electron chi connectivity index (χ0n) is 4.81. The average Bonchev–Trinajstić information content (AvgIpc) is 1.72. The Morgan fingerprint density at radius 3 is 1.86 bits per heavy atom. The number of rotatable bonds is 2. The van der Waals surface area contributed by atoms with Crippen molar-refractivity contribution in [3.05, 3.63) is 0 Å². The van der Waals surface area contributed by atoms with Crippen LogP contribution in [0.15, 0.2) is 5.16 Å². The van der Waals surface area contributed by atoms with Crippen molar-refractivity contribution in [3.8, 4) is 0 Å². The monoisotopic (exact) mass is 101 g/mol. The summed E-state index contributed by atoms with van der Waals surface area (Å²) in [5, 5.41) is 11.2. The number of hydrogen-bond acceptors (Lipinski definition) is 2. The highest BCUT2D eigenvalue weighted by molar-refractivity contribution is 5.83. The summed E-state index contributed by atoms with van der Waals surface area (Å²) in [6.07, 6.45) is 1.71. The first-order chi connectivity index (χ1) is 3.35. The fourth-order valence-electron chi connectivity index (χ4n) is 0.391. The van der Waals surface area contributed by atoms with Gasteiger partial charge in [0.2, 0.25) is 0 Å². The molecule has 0 radical (unpaired) electrons. The Labute approximate surface area is 43.8 Å². The van der Waals surface area contributed by atoms with Crippen molar-refractivity contribution >= 4 is 5.71 Å². The van der Waals surface area contributed by atoms with E-state index >= 15 is 0 Å². The first kappa shape index (κ1) is 6.47. The zero-order valence-corrected chi connectivity index (χ0v) is 4.81. The molecule has 42 valence electrons. The molecule has 0 unspecified atom stereocenters. The lowest BCUT2D eigenvalue weighted by molar-refractivity contribution is 0.316. The highest BCUT2D eigenvalue weighted by Crippen LogP contribution is 1.87. The maximum atomic E-state index is 8.11. The van der Waals surface area contributed by atoms with Gasteiger partial charge in [0.05, 0.1) is 5.71 Å². The minimum absolute atomic E-state index is 0.854. The van der Waals surface area contributed by atoms with Gasteiger partial charge in [0.1, 0.15) is 0 Å². The van der Waals surface area contributed by atoms with Crippen LogP contribution in [0.1, 0.15) is 26.7 Å². The molecule has 0 amide bonds. The molecule has 2 heteroatoms. The van der Waals surface area contributed by atoms with Gasteiger partial charge in [0, 0.05) is 0 Å². The lowest BCUT2D eigenvalue weighted by Gasteiger charge is -1.89. The first-order valence-corrected chi connectivity index (χ1v) is 2.54. The van der Waals surface area contributed by atoms with Crippen molar-refractivity contribution in [2.45, 2.75) is 26.7 Å². The maximum absolute atomic E-state index is 8.11. The summed E-state index contributed by atoms with van der Waals surface area (Å²) in [4.78, 5) is 0. The molecule has 0 aliphatic carbocycles. The number of nitrogens with zero attached hydrogens (tertiary/aromatic N) is 1. The van der Waals surface area contributed by atoms with Gasteiger partial charge < -0.3 is 5.21 Å². The van der Waals surface area contributed by atoms with Gasteiger partial charge in [-0.25, -0.2) is 0 Å². The van der Waals surface area contributed by atoms with E-state index in [2.05, 4.69) is 5.16 Å². The van der Waals surface area contributed by atoms with E-state index in [-0.39, 0.29) is 0 Å². The Balaban J connectivity index is 3.38. The highest BCUT2D eigenvalue weighted by Gasteiger charge is 1.86. The van der Waals surface area contributed by atoms with Crippen molar-refractivity contribution in [1.29, 1.82) is 0 Å². The van der Waals surface area contributed by atoms with Gasteiger partial charge in [-0.1, -0.05) is 19.0 Å². The van der Waals surface area contributed by atoms with E-state index in [1.807, 2.05) is 13.8 Å². The van der Waals surface area contributed by atoms with Crippen LogP contribution in [0.3, 0.4) is 0 Å². The normalized spacial score (nSPS) is 8.29. The zero-order chi connectivity index (χ0) is 5.70. The second kappa shape index (κ2) is 3.65. The summed E-state index contributed by atoms with van der Waals surface area (Å²) in [5.41, 5.74) is 0.861. The molecule has 0 atom stereocenters. The van der Waals surface area contributed by atoms with Crippen LogP contribution < -0.4 is 0 Å². The van der Waals surface area contributed by atoms with Gasteiger partial charge in [-0.2, -0.15) is 0 Å². The van der Waals surface area contributed by atoms with Gasteiger partial charge >= 0.3 is 0 Å². The summed E-state index contributed by atoms with van der Waals surface area (Å²) in [6, 6.07) is 0. The Hall–Kier alpha value is -0.530. The second-order valence-electron chi connectivity index (χ2n) is 1.37. The van der Waals surface area contributed by atoms with Crippen LogP contribution in [-0.2, 0) is 0 Å². The maximum Gasteiger partial charge on any atom is 0.0565 e. The fraction of sp³-hybridized carbons (Fsp3) is 0.800. The predicted molar refractivity (Wildman–Crippen MR) is 29.8 cm³/mol. The quantitative estimate of drug-likeness (QED) is 0.320. The Morgan fingerprint density at radius 1 is 1.43 bits per heavy atom. The van der Waals surface area contributed by atoms with Gasteiger partial charge in [0.15, 0.2) is 0 Å². The van der Waals surface area contributed by atoms with Gasteiger partial charge in [-0.05, 0) is 12.8 Å². The summed E-state index contributed by atoms with van der Waals surface area (Å²) < 4.78 is 0. The van der Waals surface area contributed by atoms with Crippen LogP contribution in [-0.4, -0.2) is 10.9 Å². The van der Waals surface area contributed by atoms with Gasteiger partial charge in [0.25, 0.3) is 0 Å². The third-order valence-corrected chi connectivity index (χ3v) is 0.958. The molecule has 0 rings (SSSR count). The predicted octanol–water partition coefficient (Wildman–Crippen LogP) is 1.64. The van der Waals surface area contributed by atoms with Crippen LogP contribution >= 0.6 is 0 Å². The molecular weight excluding hydrogens is 90.1 g/mol. The Morgan fingerprint density at radius 2 is 1.86 bits per heavy atom.